The van der Waals surface area contributed by atoms with Crippen molar-refractivity contribution >= 4 is 23.0 Å². The Morgan fingerprint density at radius 1 is 1.25 bits per heavy atom. The lowest BCUT2D eigenvalue weighted by molar-refractivity contribution is 0.620. The largest absolute Gasteiger partial charge is 0.324 e. The zero-order valence-corrected chi connectivity index (χ0v) is 11.3. The third kappa shape index (κ3) is 1.81. The van der Waals surface area contributed by atoms with E-state index in [1.54, 1.807) is 23.9 Å². The number of hydrogen-bond donors (Lipinski definition) is 1. The molecular weight excluding hydrogens is 270 g/mol. The second kappa shape index (κ2) is 4.57. The molecule has 0 saturated carbocycles. The fourth-order valence-electron chi connectivity index (χ4n) is 2.29. The van der Waals surface area contributed by atoms with Crippen molar-refractivity contribution < 1.29 is 0 Å². The van der Waals surface area contributed by atoms with Crippen LogP contribution >= 0.6 is 11.3 Å². The van der Waals surface area contributed by atoms with Crippen molar-refractivity contribution in [2.75, 3.05) is 5.32 Å². The van der Waals surface area contributed by atoms with Gasteiger partial charge >= 0.3 is 0 Å². The van der Waals surface area contributed by atoms with Crippen LogP contribution in [0.5, 0.6) is 0 Å². The summed E-state index contributed by atoms with van der Waals surface area (Å²) < 4.78 is 1.89. The first-order valence-electron chi connectivity index (χ1n) is 6.24. The van der Waals surface area contributed by atoms with E-state index in [1.165, 1.54) is 4.88 Å². The van der Waals surface area contributed by atoms with E-state index < -0.39 is 0 Å². The highest BCUT2D eigenvalue weighted by molar-refractivity contribution is 7.10. The molecule has 0 spiro atoms. The highest BCUT2D eigenvalue weighted by Gasteiger charge is 2.23. The Bertz CT molecular complexity index is 745. The number of fused-ring (bicyclic) bond motifs is 1. The number of anilines is 1. The van der Waals surface area contributed by atoms with Crippen LogP contribution < -0.4 is 5.32 Å². The van der Waals surface area contributed by atoms with Gasteiger partial charge in [0.2, 0.25) is 5.95 Å². The highest BCUT2D eigenvalue weighted by atomic mass is 32.1. The first-order valence-corrected chi connectivity index (χ1v) is 7.12. The highest BCUT2D eigenvalue weighted by Crippen LogP contribution is 2.33. The molecule has 3 aromatic rings. The number of nitrogens with one attached hydrogen (secondary N) is 1. The second-order valence-corrected chi connectivity index (χ2v) is 5.41. The molecule has 4 rings (SSSR count). The average molecular weight is 281 g/mol. The molecule has 0 amide bonds. The number of allylic oxidation sites excluding steroid dienone is 1. The molecule has 1 aliphatic rings. The Balaban J connectivity index is 1.83. The lowest BCUT2D eigenvalue weighted by Gasteiger charge is -2.23. The van der Waals surface area contributed by atoms with Crippen molar-refractivity contribution in [3.05, 3.63) is 64.9 Å². The number of hydrogen-bond acceptors (Lipinski definition) is 5. The Morgan fingerprint density at radius 2 is 2.25 bits per heavy atom. The normalized spacial score (nSPS) is 17.2. The van der Waals surface area contributed by atoms with E-state index in [-0.39, 0.29) is 6.04 Å². The molecule has 0 bridgehead atoms. The Labute approximate surface area is 119 Å². The maximum atomic E-state index is 4.31. The van der Waals surface area contributed by atoms with Crippen LogP contribution in [-0.2, 0) is 0 Å². The number of rotatable bonds is 2. The van der Waals surface area contributed by atoms with Crippen LogP contribution in [0.3, 0.4) is 0 Å². The summed E-state index contributed by atoms with van der Waals surface area (Å²) in [6, 6.07) is 8.20. The van der Waals surface area contributed by atoms with Crippen LogP contribution in [0.1, 0.15) is 16.5 Å². The van der Waals surface area contributed by atoms with Crippen molar-refractivity contribution in [2.24, 2.45) is 0 Å². The third-order valence-electron chi connectivity index (χ3n) is 3.21. The molecule has 0 aromatic carbocycles. The molecule has 1 unspecified atom stereocenters. The summed E-state index contributed by atoms with van der Waals surface area (Å²) in [7, 11) is 0. The predicted molar refractivity (Wildman–Crippen MR) is 78.3 cm³/mol. The first-order chi connectivity index (χ1) is 9.92. The minimum absolute atomic E-state index is 0.0731. The summed E-state index contributed by atoms with van der Waals surface area (Å²) in [5.41, 5.74) is 2.06. The van der Waals surface area contributed by atoms with Gasteiger partial charge in [-0.3, -0.25) is 4.98 Å². The van der Waals surface area contributed by atoms with E-state index in [4.69, 9.17) is 0 Å². The zero-order valence-electron chi connectivity index (χ0n) is 10.5. The van der Waals surface area contributed by atoms with Gasteiger partial charge < -0.3 is 5.32 Å². The Hall–Kier alpha value is -2.47. The van der Waals surface area contributed by atoms with Crippen molar-refractivity contribution in [3.8, 4) is 0 Å². The molecule has 1 N–H and O–H groups in total. The van der Waals surface area contributed by atoms with Crippen LogP contribution in [-0.4, -0.2) is 19.7 Å². The molecule has 20 heavy (non-hydrogen) atoms. The average Bonchev–Trinajstić information content (AvgIpc) is 3.18. The zero-order chi connectivity index (χ0) is 13.4. The summed E-state index contributed by atoms with van der Waals surface area (Å²) in [4.78, 5) is 9.68. The van der Waals surface area contributed by atoms with Crippen molar-refractivity contribution in [1.82, 2.24) is 19.7 Å². The molecule has 98 valence electrons. The molecule has 3 aromatic heterocycles. The third-order valence-corrected chi connectivity index (χ3v) is 4.16. The van der Waals surface area contributed by atoms with Crippen LogP contribution in [0.4, 0.5) is 5.95 Å². The molecule has 1 atom stereocenters. The van der Waals surface area contributed by atoms with E-state index in [0.29, 0.717) is 0 Å². The van der Waals surface area contributed by atoms with Gasteiger partial charge in [-0.15, -0.1) is 11.3 Å². The minimum Gasteiger partial charge on any atom is -0.324 e. The quantitative estimate of drug-likeness (QED) is 0.784. The molecule has 0 saturated heterocycles. The van der Waals surface area contributed by atoms with Gasteiger partial charge in [-0.25, -0.2) is 4.68 Å². The molecule has 4 heterocycles. The number of nitrogens with zero attached hydrogens (tertiary/aromatic N) is 4. The van der Waals surface area contributed by atoms with Crippen LogP contribution in [0.15, 0.2) is 54.4 Å². The van der Waals surface area contributed by atoms with Crippen molar-refractivity contribution in [1.29, 1.82) is 0 Å². The fraction of sp³-hybridized carbons (Fsp3) is 0.0714. The maximum Gasteiger partial charge on any atom is 0.226 e. The lowest BCUT2D eigenvalue weighted by atomic mass is 10.1. The molecule has 0 fully saturated rings. The van der Waals surface area contributed by atoms with Gasteiger partial charge in [0.15, 0.2) is 0 Å². The van der Waals surface area contributed by atoms with Gasteiger partial charge in [0.1, 0.15) is 12.4 Å². The van der Waals surface area contributed by atoms with Gasteiger partial charge in [0, 0.05) is 28.5 Å². The number of pyridine rings is 1. The molecule has 0 aliphatic carbocycles. The predicted octanol–water partition coefficient (Wildman–Crippen LogP) is 2.79. The number of thiophene rings is 1. The smallest absolute Gasteiger partial charge is 0.226 e. The molecule has 5 nitrogen and oxygen atoms in total. The monoisotopic (exact) mass is 281 g/mol. The molecule has 1 aliphatic heterocycles. The lowest BCUT2D eigenvalue weighted by Crippen LogP contribution is -2.19. The summed E-state index contributed by atoms with van der Waals surface area (Å²) in [6.07, 6.45) is 7.34. The first kappa shape index (κ1) is 11.4. The van der Waals surface area contributed by atoms with Gasteiger partial charge in [0.25, 0.3) is 0 Å². The van der Waals surface area contributed by atoms with E-state index in [1.807, 2.05) is 23.0 Å². The fourth-order valence-corrected chi connectivity index (χ4v) is 3.07. The SMILES string of the molecule is C1=C(c2cccnc2)Nc2ncnn2C1c1cccs1. The van der Waals surface area contributed by atoms with Crippen molar-refractivity contribution in [2.45, 2.75) is 6.04 Å². The standard InChI is InChI=1S/C14H11N5S/c1-3-10(8-15-5-1)11-7-12(13-4-2-6-20-13)19-14(18-11)16-9-17-19/h1-9,12H,(H,16,17,18). The topological polar surface area (TPSA) is 55.6 Å². The molecular formula is C14H11N5S. The molecule has 6 heteroatoms. The van der Waals surface area contributed by atoms with Gasteiger partial charge in [-0.2, -0.15) is 10.1 Å². The number of aromatic nitrogens is 4. The van der Waals surface area contributed by atoms with E-state index in [2.05, 4.69) is 44.0 Å². The van der Waals surface area contributed by atoms with Gasteiger partial charge in [-0.1, -0.05) is 6.07 Å². The van der Waals surface area contributed by atoms with Crippen LogP contribution in [0.2, 0.25) is 0 Å². The van der Waals surface area contributed by atoms with Gasteiger partial charge in [-0.05, 0) is 29.7 Å². The summed E-state index contributed by atoms with van der Waals surface area (Å²) in [5, 5.41) is 9.69. The van der Waals surface area contributed by atoms with Crippen LogP contribution in [0.25, 0.3) is 5.70 Å². The minimum atomic E-state index is 0.0731. The van der Waals surface area contributed by atoms with Gasteiger partial charge in [0.05, 0.1) is 0 Å². The summed E-state index contributed by atoms with van der Waals surface area (Å²) in [5.74, 6) is 0.754. The summed E-state index contributed by atoms with van der Waals surface area (Å²) in [6.45, 7) is 0. The molecule has 0 radical (unpaired) electrons. The maximum absolute atomic E-state index is 4.31. The Morgan fingerprint density at radius 3 is 3.05 bits per heavy atom. The second-order valence-electron chi connectivity index (χ2n) is 4.44. The van der Waals surface area contributed by atoms with Crippen molar-refractivity contribution in [3.63, 3.8) is 0 Å². The van der Waals surface area contributed by atoms with E-state index >= 15 is 0 Å². The summed E-state index contributed by atoms with van der Waals surface area (Å²) >= 11 is 1.72. The Kier molecular flexibility index (Phi) is 2.60. The van der Waals surface area contributed by atoms with E-state index in [0.717, 1.165) is 17.2 Å². The van der Waals surface area contributed by atoms with Crippen LogP contribution in [0, 0.1) is 0 Å². The van der Waals surface area contributed by atoms with E-state index in [9.17, 15) is 0 Å².